The van der Waals surface area contributed by atoms with Crippen LogP contribution in [0.2, 0.25) is 0 Å². The van der Waals surface area contributed by atoms with Crippen LogP contribution >= 0.6 is 0 Å². The van der Waals surface area contributed by atoms with Crippen LogP contribution in [0.3, 0.4) is 0 Å². The number of nitrogens with zero attached hydrogens (tertiary/aromatic N) is 4. The molecule has 1 aromatic carbocycles. The second kappa shape index (κ2) is 7.15. The average molecular weight is 394 g/mol. The second-order valence-electron chi connectivity index (χ2n) is 8.11. The smallest absolute Gasteiger partial charge is 0.257 e. The zero-order chi connectivity index (χ0) is 20.0. The van der Waals surface area contributed by atoms with Gasteiger partial charge in [0, 0.05) is 50.9 Å². The number of hydrogen-bond donors (Lipinski definition) is 0. The second-order valence-corrected chi connectivity index (χ2v) is 8.11. The van der Waals surface area contributed by atoms with Crippen molar-refractivity contribution < 1.29 is 13.6 Å². The third-order valence-electron chi connectivity index (χ3n) is 6.12. The SMILES string of the molecule is Cn1cc(CN2C[C@H]3CN(C(=O)c4ccoc4)[C@@H](c4cccc(F)c4)[C@H]3C2)cn1. The van der Waals surface area contributed by atoms with Gasteiger partial charge in [0.15, 0.2) is 0 Å². The molecule has 3 atom stereocenters. The maximum atomic E-state index is 14.0. The molecule has 1 amide bonds. The number of amides is 1. The monoisotopic (exact) mass is 394 g/mol. The molecule has 3 aromatic rings. The van der Waals surface area contributed by atoms with Gasteiger partial charge in [-0.2, -0.15) is 5.10 Å². The van der Waals surface area contributed by atoms with E-state index in [9.17, 15) is 9.18 Å². The number of likely N-dealkylation sites (tertiary alicyclic amines) is 2. The summed E-state index contributed by atoms with van der Waals surface area (Å²) >= 11 is 0. The normalized spacial score (nSPS) is 24.2. The van der Waals surface area contributed by atoms with Gasteiger partial charge in [-0.25, -0.2) is 4.39 Å². The molecule has 2 aliphatic heterocycles. The Bertz CT molecular complexity index is 1020. The fourth-order valence-electron chi connectivity index (χ4n) is 4.96. The Morgan fingerprint density at radius 3 is 2.90 bits per heavy atom. The highest BCUT2D eigenvalue weighted by Crippen LogP contribution is 2.46. The number of aromatic nitrogens is 2. The predicted molar refractivity (Wildman–Crippen MR) is 104 cm³/mol. The van der Waals surface area contributed by atoms with Crippen molar-refractivity contribution in [2.24, 2.45) is 18.9 Å². The molecule has 5 rings (SSSR count). The number of hydrogen-bond acceptors (Lipinski definition) is 4. The third kappa shape index (κ3) is 3.35. The van der Waals surface area contributed by atoms with Crippen molar-refractivity contribution >= 4 is 5.91 Å². The summed E-state index contributed by atoms with van der Waals surface area (Å²) in [5.74, 6) is 0.299. The number of furan rings is 1. The fourth-order valence-corrected chi connectivity index (χ4v) is 4.96. The Labute approximate surface area is 168 Å². The number of carbonyl (C=O) groups excluding carboxylic acids is 1. The Kier molecular flexibility index (Phi) is 4.47. The van der Waals surface area contributed by atoms with Crippen LogP contribution < -0.4 is 0 Å². The summed E-state index contributed by atoms with van der Waals surface area (Å²) in [5, 5.41) is 4.25. The highest BCUT2D eigenvalue weighted by Gasteiger charge is 2.49. The van der Waals surface area contributed by atoms with Crippen LogP contribution in [0.15, 0.2) is 59.7 Å². The highest BCUT2D eigenvalue weighted by molar-refractivity contribution is 5.94. The van der Waals surface area contributed by atoms with Crippen LogP contribution in [0.1, 0.15) is 27.5 Å². The molecule has 4 heterocycles. The maximum absolute atomic E-state index is 14.0. The van der Waals surface area contributed by atoms with Gasteiger partial charge < -0.3 is 9.32 Å². The summed E-state index contributed by atoms with van der Waals surface area (Å²) in [6.45, 7) is 3.29. The third-order valence-corrected chi connectivity index (χ3v) is 6.12. The van der Waals surface area contributed by atoms with Gasteiger partial charge in [0.05, 0.1) is 24.1 Å². The highest BCUT2D eigenvalue weighted by atomic mass is 19.1. The van der Waals surface area contributed by atoms with E-state index in [0.29, 0.717) is 18.0 Å². The van der Waals surface area contributed by atoms with Gasteiger partial charge in [-0.15, -0.1) is 0 Å². The summed E-state index contributed by atoms with van der Waals surface area (Å²) < 4.78 is 20.9. The molecular formula is C22H23FN4O2. The molecular weight excluding hydrogens is 371 g/mol. The van der Waals surface area contributed by atoms with Crippen LogP contribution in [0.5, 0.6) is 0 Å². The van der Waals surface area contributed by atoms with Crippen LogP contribution in [0.25, 0.3) is 0 Å². The molecule has 2 aromatic heterocycles. The quantitative estimate of drug-likeness (QED) is 0.682. The van der Waals surface area contributed by atoms with E-state index in [-0.39, 0.29) is 23.7 Å². The van der Waals surface area contributed by atoms with E-state index in [1.165, 1.54) is 24.2 Å². The topological polar surface area (TPSA) is 54.5 Å². The maximum Gasteiger partial charge on any atom is 0.257 e. The lowest BCUT2D eigenvalue weighted by Gasteiger charge is -2.29. The van der Waals surface area contributed by atoms with Gasteiger partial charge in [-0.3, -0.25) is 14.4 Å². The first-order valence-corrected chi connectivity index (χ1v) is 9.87. The molecule has 2 fully saturated rings. The minimum Gasteiger partial charge on any atom is -0.472 e. The first-order valence-electron chi connectivity index (χ1n) is 9.87. The minimum atomic E-state index is -0.271. The molecule has 150 valence electrons. The molecule has 0 radical (unpaired) electrons. The van der Waals surface area contributed by atoms with E-state index in [1.807, 2.05) is 35.1 Å². The Hall–Kier alpha value is -2.93. The number of carbonyl (C=O) groups is 1. The fraction of sp³-hybridized carbons (Fsp3) is 0.364. The van der Waals surface area contributed by atoms with Crippen LogP contribution in [0.4, 0.5) is 4.39 Å². The van der Waals surface area contributed by atoms with Gasteiger partial charge in [0.25, 0.3) is 5.91 Å². The molecule has 2 saturated heterocycles. The molecule has 0 aliphatic carbocycles. The molecule has 0 bridgehead atoms. The van der Waals surface area contributed by atoms with Crippen molar-refractivity contribution in [2.45, 2.75) is 12.6 Å². The molecule has 7 heteroatoms. The lowest BCUT2D eigenvalue weighted by Crippen LogP contribution is -2.35. The van der Waals surface area contributed by atoms with Crippen molar-refractivity contribution in [2.75, 3.05) is 19.6 Å². The molecule has 29 heavy (non-hydrogen) atoms. The molecule has 6 nitrogen and oxygen atoms in total. The minimum absolute atomic E-state index is 0.0544. The van der Waals surface area contributed by atoms with E-state index in [4.69, 9.17) is 4.42 Å². The lowest BCUT2D eigenvalue weighted by molar-refractivity contribution is 0.0698. The molecule has 0 unspecified atom stereocenters. The molecule has 0 saturated carbocycles. The van der Waals surface area contributed by atoms with E-state index < -0.39 is 0 Å². The predicted octanol–water partition coefficient (Wildman–Crippen LogP) is 3.10. The zero-order valence-corrected chi connectivity index (χ0v) is 16.2. The van der Waals surface area contributed by atoms with Gasteiger partial charge in [-0.1, -0.05) is 12.1 Å². The first kappa shape index (κ1) is 18.1. The first-order chi connectivity index (χ1) is 14.1. The van der Waals surface area contributed by atoms with Crippen molar-refractivity contribution in [1.82, 2.24) is 19.6 Å². The molecule has 0 N–H and O–H groups in total. The van der Waals surface area contributed by atoms with Gasteiger partial charge in [0.2, 0.25) is 0 Å². The standard InChI is InChI=1S/C22H23FN4O2/c1-25-9-15(8-24-25)10-26-11-18-12-27(22(28)17-5-6-29-14-17)21(20(18)13-26)16-3-2-4-19(23)7-16/h2-9,14,18,20-21H,10-13H2,1H3/t18-,20-,21-/m0/s1. The Balaban J connectivity index is 1.42. The van der Waals surface area contributed by atoms with Crippen molar-refractivity contribution in [3.8, 4) is 0 Å². The number of fused-ring (bicyclic) bond motifs is 1. The number of benzene rings is 1. The van der Waals surface area contributed by atoms with Crippen LogP contribution in [-0.4, -0.2) is 45.1 Å². The number of aryl methyl sites for hydroxylation is 1. The van der Waals surface area contributed by atoms with Crippen molar-refractivity contribution in [3.63, 3.8) is 0 Å². The number of halogens is 1. The largest absolute Gasteiger partial charge is 0.472 e. The summed E-state index contributed by atoms with van der Waals surface area (Å²) in [6.07, 6.45) is 6.92. The molecule has 0 spiro atoms. The summed E-state index contributed by atoms with van der Waals surface area (Å²) in [5.41, 5.74) is 2.58. The van der Waals surface area contributed by atoms with Crippen LogP contribution in [-0.2, 0) is 13.6 Å². The van der Waals surface area contributed by atoms with Crippen molar-refractivity contribution in [3.05, 3.63) is 77.8 Å². The van der Waals surface area contributed by atoms with Crippen molar-refractivity contribution in [1.29, 1.82) is 0 Å². The number of rotatable bonds is 4. The van der Waals surface area contributed by atoms with Gasteiger partial charge >= 0.3 is 0 Å². The van der Waals surface area contributed by atoms with E-state index in [1.54, 1.807) is 18.2 Å². The summed E-state index contributed by atoms with van der Waals surface area (Å²) in [6, 6.07) is 8.20. The Morgan fingerprint density at radius 2 is 2.17 bits per heavy atom. The van der Waals surface area contributed by atoms with Gasteiger partial charge in [-0.05, 0) is 29.7 Å². The van der Waals surface area contributed by atoms with Gasteiger partial charge in [0.1, 0.15) is 12.1 Å². The zero-order valence-electron chi connectivity index (χ0n) is 16.2. The summed E-state index contributed by atoms with van der Waals surface area (Å²) in [7, 11) is 1.92. The molecule has 2 aliphatic rings. The van der Waals surface area contributed by atoms with Crippen LogP contribution in [0, 0.1) is 17.7 Å². The Morgan fingerprint density at radius 1 is 1.28 bits per heavy atom. The average Bonchev–Trinajstić information content (AvgIpc) is 3.46. The van der Waals surface area contributed by atoms with E-state index in [2.05, 4.69) is 10.00 Å². The van der Waals surface area contributed by atoms with E-state index >= 15 is 0 Å². The summed E-state index contributed by atoms with van der Waals surface area (Å²) in [4.78, 5) is 17.4. The lowest BCUT2D eigenvalue weighted by atomic mass is 9.89. The van der Waals surface area contributed by atoms with E-state index in [0.717, 1.165) is 25.2 Å².